The van der Waals surface area contributed by atoms with Crippen LogP contribution in [0.2, 0.25) is 0 Å². The maximum Gasteiger partial charge on any atom is 0.416 e. The highest BCUT2D eigenvalue weighted by Crippen LogP contribution is 2.38. The monoisotopic (exact) mass is 467 g/mol. The number of carbonyl (C=O) groups excluding carboxylic acids is 1. The summed E-state index contributed by atoms with van der Waals surface area (Å²) < 4.78 is 49.3. The number of hydrogen-bond donors (Lipinski definition) is 0. The number of nitro benzene ring substituents is 1. The first-order chi connectivity index (χ1) is 16.1. The number of esters is 1. The number of halogens is 3. The van der Waals surface area contributed by atoms with E-state index in [1.165, 1.54) is 12.1 Å². The van der Waals surface area contributed by atoms with Gasteiger partial charge in [-0.2, -0.15) is 13.2 Å². The zero-order valence-corrected chi connectivity index (χ0v) is 17.6. The standard InChI is InChI=1S/C25H16F3NO5/c1-15-2-6-17(7-3-15)23-13-18(24(30)34-23)12-16-4-9-20(10-5-16)33-22-11-8-19(25(26,27)28)14-21(22)29(31)32/h2-14H,1H3/b18-12+. The van der Waals surface area contributed by atoms with Gasteiger partial charge in [-0.15, -0.1) is 0 Å². The summed E-state index contributed by atoms with van der Waals surface area (Å²) in [6, 6.07) is 15.7. The van der Waals surface area contributed by atoms with Crippen molar-refractivity contribution in [2.45, 2.75) is 13.1 Å². The smallest absolute Gasteiger partial charge is 0.416 e. The van der Waals surface area contributed by atoms with Crippen molar-refractivity contribution in [1.82, 2.24) is 0 Å². The van der Waals surface area contributed by atoms with Crippen molar-refractivity contribution in [2.24, 2.45) is 0 Å². The molecular weight excluding hydrogens is 451 g/mol. The highest BCUT2D eigenvalue weighted by molar-refractivity contribution is 6.05. The Kier molecular flexibility index (Phi) is 5.93. The van der Waals surface area contributed by atoms with E-state index in [1.54, 1.807) is 24.3 Å². The normalized spacial score (nSPS) is 14.6. The topological polar surface area (TPSA) is 78.7 Å². The zero-order chi connectivity index (χ0) is 24.5. The fourth-order valence-corrected chi connectivity index (χ4v) is 3.21. The van der Waals surface area contributed by atoms with Gasteiger partial charge < -0.3 is 9.47 Å². The molecule has 3 aromatic rings. The van der Waals surface area contributed by atoms with E-state index in [9.17, 15) is 28.1 Å². The molecule has 0 atom stereocenters. The summed E-state index contributed by atoms with van der Waals surface area (Å²) in [4.78, 5) is 22.5. The van der Waals surface area contributed by atoms with Gasteiger partial charge in [-0.3, -0.25) is 10.1 Å². The fourth-order valence-electron chi connectivity index (χ4n) is 3.21. The molecule has 0 radical (unpaired) electrons. The van der Waals surface area contributed by atoms with E-state index in [1.807, 2.05) is 31.2 Å². The first-order valence-electron chi connectivity index (χ1n) is 9.96. The van der Waals surface area contributed by atoms with E-state index in [-0.39, 0.29) is 11.5 Å². The van der Waals surface area contributed by atoms with Gasteiger partial charge in [0.15, 0.2) is 0 Å². The minimum atomic E-state index is -4.71. The van der Waals surface area contributed by atoms with E-state index in [2.05, 4.69) is 0 Å². The molecule has 0 aliphatic carbocycles. The number of nitrogens with zero attached hydrogens (tertiary/aromatic N) is 1. The second-order valence-electron chi connectivity index (χ2n) is 7.47. The van der Waals surface area contributed by atoms with E-state index in [0.29, 0.717) is 29.0 Å². The van der Waals surface area contributed by atoms with Crippen molar-refractivity contribution >= 4 is 23.5 Å². The Labute approximate surface area is 191 Å². The molecule has 0 saturated heterocycles. The first kappa shape index (κ1) is 22.8. The van der Waals surface area contributed by atoms with Crippen LogP contribution in [0.15, 0.2) is 78.4 Å². The molecule has 0 spiro atoms. The van der Waals surface area contributed by atoms with Crippen LogP contribution in [-0.4, -0.2) is 10.9 Å². The Morgan fingerprint density at radius 3 is 2.29 bits per heavy atom. The molecular formula is C25H16F3NO5. The number of rotatable bonds is 5. The molecule has 0 bridgehead atoms. The summed E-state index contributed by atoms with van der Waals surface area (Å²) >= 11 is 0. The van der Waals surface area contributed by atoms with E-state index < -0.39 is 28.3 Å². The third-order valence-electron chi connectivity index (χ3n) is 4.97. The minimum Gasteiger partial charge on any atom is -0.450 e. The zero-order valence-electron chi connectivity index (χ0n) is 17.6. The number of nitro groups is 1. The lowest BCUT2D eigenvalue weighted by Gasteiger charge is -2.10. The lowest BCUT2D eigenvalue weighted by molar-refractivity contribution is -0.385. The molecule has 0 fully saturated rings. The van der Waals surface area contributed by atoms with Gasteiger partial charge in [-0.25, -0.2) is 4.79 Å². The number of ether oxygens (including phenoxy) is 2. The lowest BCUT2D eigenvalue weighted by Crippen LogP contribution is -2.06. The van der Waals surface area contributed by atoms with Gasteiger partial charge in [-0.05, 0) is 48.9 Å². The molecule has 9 heteroatoms. The molecule has 1 heterocycles. The number of alkyl halides is 3. The number of carbonyl (C=O) groups is 1. The predicted octanol–water partition coefficient (Wildman–Crippen LogP) is 6.70. The summed E-state index contributed by atoms with van der Waals surface area (Å²) in [7, 11) is 0. The van der Waals surface area contributed by atoms with Crippen molar-refractivity contribution in [3.05, 3.63) is 111 Å². The molecule has 3 aromatic carbocycles. The van der Waals surface area contributed by atoms with E-state index in [0.717, 1.165) is 17.2 Å². The summed E-state index contributed by atoms with van der Waals surface area (Å²) in [6.45, 7) is 1.95. The molecule has 172 valence electrons. The van der Waals surface area contributed by atoms with Crippen molar-refractivity contribution in [3.63, 3.8) is 0 Å². The van der Waals surface area contributed by atoms with Gasteiger partial charge >= 0.3 is 17.8 Å². The fraction of sp³-hybridized carbons (Fsp3) is 0.0800. The highest BCUT2D eigenvalue weighted by atomic mass is 19.4. The molecule has 0 amide bonds. The van der Waals surface area contributed by atoms with Crippen LogP contribution in [0.25, 0.3) is 11.8 Å². The van der Waals surface area contributed by atoms with Crippen LogP contribution in [0.1, 0.15) is 22.3 Å². The van der Waals surface area contributed by atoms with E-state index >= 15 is 0 Å². The third kappa shape index (κ3) is 4.98. The molecule has 0 aromatic heterocycles. The molecule has 6 nitrogen and oxygen atoms in total. The molecule has 1 aliphatic rings. The molecule has 0 saturated carbocycles. The Hall–Kier alpha value is -4.40. The van der Waals surface area contributed by atoms with Crippen molar-refractivity contribution in [2.75, 3.05) is 0 Å². The molecule has 0 N–H and O–H groups in total. The predicted molar refractivity (Wildman–Crippen MR) is 118 cm³/mol. The van der Waals surface area contributed by atoms with Gasteiger partial charge in [0, 0.05) is 11.6 Å². The van der Waals surface area contributed by atoms with Crippen LogP contribution in [0, 0.1) is 17.0 Å². The summed E-state index contributed by atoms with van der Waals surface area (Å²) in [6.07, 6.45) is -1.48. The molecule has 0 unspecified atom stereocenters. The quantitative estimate of drug-likeness (QED) is 0.181. The maximum absolute atomic E-state index is 12.9. The summed E-state index contributed by atoms with van der Waals surface area (Å²) in [5.74, 6) is -0.217. The number of hydrogen-bond acceptors (Lipinski definition) is 5. The average molecular weight is 467 g/mol. The van der Waals surface area contributed by atoms with Crippen molar-refractivity contribution < 1.29 is 32.4 Å². The van der Waals surface area contributed by atoms with Crippen LogP contribution in [0.4, 0.5) is 18.9 Å². The number of aryl methyl sites for hydroxylation is 1. The van der Waals surface area contributed by atoms with Gasteiger partial charge in [0.2, 0.25) is 5.75 Å². The lowest BCUT2D eigenvalue weighted by atomic mass is 10.1. The van der Waals surface area contributed by atoms with Gasteiger partial charge in [0.25, 0.3) is 0 Å². The molecule has 1 aliphatic heterocycles. The van der Waals surface area contributed by atoms with Crippen LogP contribution in [0.5, 0.6) is 11.5 Å². The first-order valence-corrected chi connectivity index (χ1v) is 9.96. The minimum absolute atomic E-state index is 0.176. The molecule has 4 rings (SSSR count). The van der Waals surface area contributed by atoms with Crippen LogP contribution >= 0.6 is 0 Å². The summed E-state index contributed by atoms with van der Waals surface area (Å²) in [5, 5.41) is 11.2. The number of benzene rings is 3. The van der Waals surface area contributed by atoms with Crippen LogP contribution < -0.4 is 4.74 Å². The average Bonchev–Trinajstić information content (AvgIpc) is 3.15. The van der Waals surface area contributed by atoms with Crippen LogP contribution in [0.3, 0.4) is 0 Å². The second-order valence-corrected chi connectivity index (χ2v) is 7.47. The number of cyclic esters (lactones) is 1. The third-order valence-corrected chi connectivity index (χ3v) is 4.97. The Morgan fingerprint density at radius 2 is 1.68 bits per heavy atom. The highest BCUT2D eigenvalue weighted by Gasteiger charge is 2.33. The van der Waals surface area contributed by atoms with Crippen molar-refractivity contribution in [1.29, 1.82) is 0 Å². The molecule has 34 heavy (non-hydrogen) atoms. The Morgan fingerprint density at radius 1 is 1.00 bits per heavy atom. The largest absolute Gasteiger partial charge is 0.450 e. The SMILES string of the molecule is Cc1ccc(C2=C/C(=C\c3ccc(Oc4ccc(C(F)(F)F)cc4[N+](=O)[O-])cc3)C(=O)O2)cc1. The Bertz CT molecular complexity index is 1320. The van der Waals surface area contributed by atoms with Gasteiger partial charge in [0.05, 0.1) is 16.1 Å². The maximum atomic E-state index is 12.9. The van der Waals surface area contributed by atoms with Crippen molar-refractivity contribution in [3.8, 4) is 11.5 Å². The van der Waals surface area contributed by atoms with Crippen LogP contribution in [-0.2, 0) is 15.7 Å². The van der Waals surface area contributed by atoms with Gasteiger partial charge in [-0.1, -0.05) is 42.0 Å². The van der Waals surface area contributed by atoms with E-state index in [4.69, 9.17) is 9.47 Å². The second kappa shape index (κ2) is 8.86. The Balaban J connectivity index is 1.54. The van der Waals surface area contributed by atoms with Gasteiger partial charge in [0.1, 0.15) is 11.5 Å². The summed E-state index contributed by atoms with van der Waals surface area (Å²) in [5.41, 5.74) is 0.862.